The highest BCUT2D eigenvalue weighted by Gasteiger charge is 2.20. The van der Waals surface area contributed by atoms with Crippen LogP contribution in [0.2, 0.25) is 0 Å². The van der Waals surface area contributed by atoms with Gasteiger partial charge in [-0.1, -0.05) is 29.5 Å². The van der Waals surface area contributed by atoms with Gasteiger partial charge in [-0.05, 0) is 30.2 Å². The molecule has 2 amide bonds. The summed E-state index contributed by atoms with van der Waals surface area (Å²) in [5.74, 6) is -1.94. The summed E-state index contributed by atoms with van der Waals surface area (Å²) in [5.41, 5.74) is 1.36. The maximum absolute atomic E-state index is 14.9. The molecule has 11 heteroatoms. The number of rotatable bonds is 8. The predicted molar refractivity (Wildman–Crippen MR) is 120 cm³/mol. The van der Waals surface area contributed by atoms with E-state index in [4.69, 9.17) is 9.84 Å². The van der Waals surface area contributed by atoms with Crippen LogP contribution in [0.25, 0.3) is 11.1 Å². The second-order valence-electron chi connectivity index (χ2n) is 7.74. The Bertz CT molecular complexity index is 1140. The first-order chi connectivity index (χ1) is 16.2. The Morgan fingerprint density at radius 1 is 1.21 bits per heavy atom. The summed E-state index contributed by atoms with van der Waals surface area (Å²) >= 11 is 0. The third-order valence-electron chi connectivity index (χ3n) is 4.96. The van der Waals surface area contributed by atoms with E-state index in [1.807, 2.05) is 0 Å². The summed E-state index contributed by atoms with van der Waals surface area (Å²) in [5, 5.41) is 19.3. The molecule has 0 saturated heterocycles. The molecule has 0 aliphatic carbocycles. The third-order valence-corrected chi connectivity index (χ3v) is 4.96. The number of carbonyl (C=O) groups excluding carboxylic acids is 2. The van der Waals surface area contributed by atoms with Crippen molar-refractivity contribution in [1.29, 1.82) is 0 Å². The van der Waals surface area contributed by atoms with Crippen LogP contribution in [0.3, 0.4) is 0 Å². The second-order valence-corrected chi connectivity index (χ2v) is 7.74. The monoisotopic (exact) mass is 473 g/mol. The van der Waals surface area contributed by atoms with E-state index in [2.05, 4.69) is 15.6 Å². The van der Waals surface area contributed by atoms with Crippen LogP contribution in [-0.4, -0.2) is 51.8 Å². The Hall–Kier alpha value is -3.86. The smallest absolute Gasteiger partial charge is 0.414 e. The van der Waals surface area contributed by atoms with Crippen molar-refractivity contribution >= 4 is 17.7 Å². The lowest BCUT2D eigenvalue weighted by molar-refractivity contribution is -0.119. The number of aliphatic hydroxyl groups is 1. The van der Waals surface area contributed by atoms with Crippen molar-refractivity contribution in [2.45, 2.75) is 33.1 Å². The standard InChI is InChI=1S/C23H25F2N5O4/c1-14(10-26-15(2)32)34-23(33)29(3)19-8-20(24)22(21(25)9-19)17-6-4-16(5-7-17)11-30-12-18(13-31)27-28-30/h4-9,12,14,31H,10-11,13H2,1-3H3,(H,26,32). The number of hydrogen-bond donors (Lipinski definition) is 2. The number of hydrogen-bond acceptors (Lipinski definition) is 6. The molecule has 1 unspecified atom stereocenters. The summed E-state index contributed by atoms with van der Waals surface area (Å²) in [7, 11) is 1.34. The number of aromatic nitrogens is 3. The van der Waals surface area contributed by atoms with Gasteiger partial charge in [-0.25, -0.2) is 18.3 Å². The van der Waals surface area contributed by atoms with Crippen LogP contribution in [0, 0.1) is 11.6 Å². The molecule has 180 valence electrons. The molecule has 2 N–H and O–H groups in total. The molecular weight excluding hydrogens is 448 g/mol. The van der Waals surface area contributed by atoms with Gasteiger partial charge in [0.25, 0.3) is 0 Å². The van der Waals surface area contributed by atoms with Gasteiger partial charge in [0.05, 0.1) is 37.1 Å². The van der Waals surface area contributed by atoms with Crippen LogP contribution >= 0.6 is 0 Å². The number of benzene rings is 2. The predicted octanol–water partition coefficient (Wildman–Crippen LogP) is 2.86. The van der Waals surface area contributed by atoms with Crippen LogP contribution in [0.1, 0.15) is 25.1 Å². The Balaban J connectivity index is 1.72. The minimum Gasteiger partial charge on any atom is -0.444 e. The van der Waals surface area contributed by atoms with Crippen molar-refractivity contribution < 1.29 is 28.2 Å². The molecule has 0 fully saturated rings. The molecule has 1 atom stereocenters. The quantitative estimate of drug-likeness (QED) is 0.521. The number of nitrogens with one attached hydrogen (secondary N) is 1. The molecule has 0 aliphatic heterocycles. The Labute approximate surface area is 194 Å². The molecule has 2 aromatic carbocycles. The molecule has 0 spiro atoms. The zero-order valence-corrected chi connectivity index (χ0v) is 19.0. The molecule has 0 aliphatic rings. The highest BCUT2D eigenvalue weighted by molar-refractivity contribution is 5.87. The van der Waals surface area contributed by atoms with Crippen molar-refractivity contribution in [3.63, 3.8) is 0 Å². The topological polar surface area (TPSA) is 110 Å². The Kier molecular flexibility index (Phi) is 7.90. The molecule has 3 rings (SSSR count). The van der Waals surface area contributed by atoms with E-state index >= 15 is 0 Å². The van der Waals surface area contributed by atoms with Gasteiger partial charge in [-0.3, -0.25) is 9.69 Å². The first kappa shape index (κ1) is 24.8. The van der Waals surface area contributed by atoms with Crippen molar-refractivity contribution in [1.82, 2.24) is 20.3 Å². The van der Waals surface area contributed by atoms with E-state index in [1.54, 1.807) is 42.1 Å². The van der Waals surface area contributed by atoms with E-state index in [0.29, 0.717) is 17.8 Å². The zero-order valence-electron chi connectivity index (χ0n) is 19.0. The lowest BCUT2D eigenvalue weighted by Crippen LogP contribution is -2.36. The van der Waals surface area contributed by atoms with Crippen molar-refractivity contribution in [2.24, 2.45) is 0 Å². The molecule has 1 heterocycles. The van der Waals surface area contributed by atoms with Gasteiger partial charge in [0.15, 0.2) is 0 Å². The molecular formula is C23H25F2N5O4. The van der Waals surface area contributed by atoms with Crippen LogP contribution in [-0.2, 0) is 22.7 Å². The van der Waals surface area contributed by atoms with Gasteiger partial charge in [0.2, 0.25) is 5.91 Å². The van der Waals surface area contributed by atoms with E-state index in [9.17, 15) is 18.4 Å². The van der Waals surface area contributed by atoms with Gasteiger partial charge in [-0.2, -0.15) is 0 Å². The maximum Gasteiger partial charge on any atom is 0.414 e. The fraction of sp³-hybridized carbons (Fsp3) is 0.304. The van der Waals surface area contributed by atoms with Gasteiger partial charge >= 0.3 is 6.09 Å². The summed E-state index contributed by atoms with van der Waals surface area (Å²) in [4.78, 5) is 24.3. The van der Waals surface area contributed by atoms with E-state index in [1.165, 1.54) is 14.0 Å². The zero-order chi connectivity index (χ0) is 24.8. The number of anilines is 1. The average Bonchev–Trinajstić information content (AvgIpc) is 3.25. The first-order valence-corrected chi connectivity index (χ1v) is 10.4. The number of carbonyl (C=O) groups is 2. The van der Waals surface area contributed by atoms with Crippen molar-refractivity contribution in [3.8, 4) is 11.1 Å². The molecule has 3 aromatic rings. The summed E-state index contributed by atoms with van der Waals surface area (Å²) in [6.45, 7) is 3.21. The molecule has 0 radical (unpaired) electrons. The number of aliphatic hydroxyl groups excluding tert-OH is 1. The minimum atomic E-state index is -0.836. The van der Waals surface area contributed by atoms with E-state index < -0.39 is 23.8 Å². The largest absolute Gasteiger partial charge is 0.444 e. The Morgan fingerprint density at radius 3 is 2.41 bits per heavy atom. The summed E-state index contributed by atoms with van der Waals surface area (Å²) in [6, 6.07) is 8.70. The van der Waals surface area contributed by atoms with Gasteiger partial charge in [-0.15, -0.1) is 5.10 Å². The Morgan fingerprint density at radius 2 is 1.85 bits per heavy atom. The summed E-state index contributed by atoms with van der Waals surface area (Å²) in [6.07, 6.45) is 0.166. The van der Waals surface area contributed by atoms with Crippen LogP contribution < -0.4 is 10.2 Å². The van der Waals surface area contributed by atoms with E-state index in [0.717, 1.165) is 22.6 Å². The molecule has 0 saturated carbocycles. The lowest BCUT2D eigenvalue weighted by atomic mass is 10.0. The molecule has 1 aromatic heterocycles. The normalized spacial score (nSPS) is 11.7. The molecule has 34 heavy (non-hydrogen) atoms. The maximum atomic E-state index is 14.9. The first-order valence-electron chi connectivity index (χ1n) is 10.4. The van der Waals surface area contributed by atoms with Crippen LogP contribution in [0.5, 0.6) is 0 Å². The fourth-order valence-corrected chi connectivity index (χ4v) is 3.17. The summed E-state index contributed by atoms with van der Waals surface area (Å²) < 4.78 is 36.5. The lowest BCUT2D eigenvalue weighted by Gasteiger charge is -2.21. The van der Waals surface area contributed by atoms with Crippen molar-refractivity contribution in [3.05, 3.63) is 65.5 Å². The number of halogens is 2. The third kappa shape index (κ3) is 6.13. The molecule has 0 bridgehead atoms. The highest BCUT2D eigenvalue weighted by Crippen LogP contribution is 2.30. The van der Waals surface area contributed by atoms with Crippen LogP contribution in [0.4, 0.5) is 19.3 Å². The average molecular weight is 473 g/mol. The fourth-order valence-electron chi connectivity index (χ4n) is 3.17. The van der Waals surface area contributed by atoms with Gasteiger partial charge < -0.3 is 15.2 Å². The van der Waals surface area contributed by atoms with Crippen molar-refractivity contribution in [2.75, 3.05) is 18.5 Å². The SMILES string of the molecule is CC(=O)NCC(C)OC(=O)N(C)c1cc(F)c(-c2ccc(Cn3cc(CO)nn3)cc2)c(F)c1. The van der Waals surface area contributed by atoms with Gasteiger partial charge in [0.1, 0.15) is 23.4 Å². The van der Waals surface area contributed by atoms with E-state index in [-0.39, 0.29) is 30.3 Å². The molecule has 9 nitrogen and oxygen atoms in total. The number of ether oxygens (including phenoxy) is 1. The minimum absolute atomic E-state index is 0.0158. The second kappa shape index (κ2) is 10.8. The highest BCUT2D eigenvalue weighted by atomic mass is 19.1. The van der Waals surface area contributed by atoms with Crippen LogP contribution in [0.15, 0.2) is 42.6 Å². The number of amides is 2. The number of nitrogens with zero attached hydrogens (tertiary/aromatic N) is 4. The van der Waals surface area contributed by atoms with Gasteiger partial charge in [0, 0.05) is 14.0 Å².